The van der Waals surface area contributed by atoms with Crippen LogP contribution in [-0.2, 0) is 0 Å². The van der Waals surface area contributed by atoms with Gasteiger partial charge in [-0.1, -0.05) is 9.24 Å². The zero-order valence-electron chi connectivity index (χ0n) is 5.13. The van der Waals surface area contributed by atoms with E-state index in [9.17, 15) is 8.78 Å². The van der Waals surface area contributed by atoms with Gasteiger partial charge >= 0.3 is 0 Å². The van der Waals surface area contributed by atoms with Crippen LogP contribution in [0, 0.1) is 0 Å². The molecule has 4 N–H and O–H groups in total. The Bertz CT molecular complexity index is 98.1. The number of alkyl halides is 2. The van der Waals surface area contributed by atoms with Gasteiger partial charge in [-0.25, -0.2) is 13.9 Å². The highest BCUT2D eigenvalue weighted by Gasteiger charge is 2.23. The molecule has 0 saturated heterocycles. The quantitative estimate of drug-likeness (QED) is 0.594. The summed E-state index contributed by atoms with van der Waals surface area (Å²) in [6.45, 7) is 0. The molecule has 0 aliphatic rings. The van der Waals surface area contributed by atoms with Crippen molar-refractivity contribution >= 4 is 20.0 Å². The summed E-state index contributed by atoms with van der Waals surface area (Å²) in [4.78, 5) is 0. The van der Waals surface area contributed by atoms with Crippen LogP contribution in [0.5, 0.6) is 0 Å². The van der Waals surface area contributed by atoms with E-state index in [0.717, 1.165) is 0 Å². The first-order valence-corrected chi connectivity index (χ1v) is 4.77. The van der Waals surface area contributed by atoms with Gasteiger partial charge in [-0.05, 0) is 0 Å². The van der Waals surface area contributed by atoms with Crippen molar-refractivity contribution in [2.75, 3.05) is 5.75 Å². The summed E-state index contributed by atoms with van der Waals surface area (Å²) in [7, 11) is -1.95. The van der Waals surface area contributed by atoms with Crippen LogP contribution in [0.1, 0.15) is 6.42 Å². The molecule has 0 aliphatic heterocycles. The Hall–Kier alpha value is 0.520. The molecule has 0 aromatic carbocycles. The van der Waals surface area contributed by atoms with Crippen LogP contribution >= 0.6 is 20.0 Å². The highest BCUT2D eigenvalue weighted by atomic mass is 32.3. The maximum absolute atomic E-state index is 12.0. The predicted molar refractivity (Wildman–Crippen MR) is 41.2 cm³/mol. The summed E-state index contributed by atoms with van der Waals surface area (Å²) in [5.41, 5.74) is -2.96. The third-order valence-corrected chi connectivity index (χ3v) is 1.83. The van der Waals surface area contributed by atoms with E-state index in [1.807, 2.05) is 0 Å². The van der Waals surface area contributed by atoms with Crippen molar-refractivity contribution in [2.24, 2.45) is 5.14 Å². The van der Waals surface area contributed by atoms with Gasteiger partial charge in [-0.2, -0.15) is 0 Å². The summed E-state index contributed by atoms with van der Waals surface area (Å²) >= 11 is 0. The third kappa shape index (κ3) is 8.52. The minimum absolute atomic E-state index is 0.469. The van der Waals surface area contributed by atoms with Crippen molar-refractivity contribution in [1.29, 1.82) is 0 Å². The molecule has 0 aromatic rings. The van der Waals surface area contributed by atoms with Gasteiger partial charge in [-0.15, -0.1) is 10.8 Å². The maximum Gasteiger partial charge on any atom is 0.260 e. The molecular weight excluding hydrogens is 183 g/mol. The Morgan fingerprint density at radius 2 is 1.90 bits per heavy atom. The van der Waals surface area contributed by atoms with Crippen LogP contribution in [0.4, 0.5) is 8.78 Å². The molecule has 0 aromatic heterocycles. The van der Waals surface area contributed by atoms with E-state index < -0.39 is 28.6 Å². The first-order chi connectivity index (χ1) is 4.21. The van der Waals surface area contributed by atoms with Gasteiger partial charge in [0.05, 0.1) is 5.75 Å². The van der Waals surface area contributed by atoms with E-state index in [2.05, 4.69) is 0 Å². The molecule has 0 saturated carbocycles. The first-order valence-electron chi connectivity index (χ1n) is 2.41. The van der Waals surface area contributed by atoms with E-state index in [0.29, 0.717) is 0 Å². The number of halogens is 2. The third-order valence-electron chi connectivity index (χ3n) is 0.736. The standard InChI is InChI=1S/C3H10F2NO2PS/c4-3(5,9)1-2-10(6,7)8/h7-8H,1-2,6,9H2. The number of rotatable bonds is 3. The fourth-order valence-electron chi connectivity index (χ4n) is 0.286. The molecule has 0 bridgehead atoms. The number of hydrogen-bond acceptors (Lipinski definition) is 3. The van der Waals surface area contributed by atoms with Crippen molar-refractivity contribution in [3.8, 4) is 0 Å². The van der Waals surface area contributed by atoms with Crippen molar-refractivity contribution < 1.29 is 17.9 Å². The van der Waals surface area contributed by atoms with Crippen LogP contribution in [0.2, 0.25) is 0 Å². The fraction of sp³-hybridized carbons (Fsp3) is 1.00. The molecule has 0 heterocycles. The molecule has 0 radical (unpaired) electrons. The lowest BCUT2D eigenvalue weighted by Crippen LogP contribution is -2.17. The zero-order chi connectivity index (χ0) is 8.41. The van der Waals surface area contributed by atoms with Gasteiger partial charge in [0.1, 0.15) is 0 Å². The summed E-state index contributed by atoms with van der Waals surface area (Å²) in [5, 5.41) is 4.69. The molecular formula is C3H10F2NO2PS. The molecule has 0 aliphatic carbocycles. The molecule has 64 valence electrons. The van der Waals surface area contributed by atoms with Gasteiger partial charge in [0, 0.05) is 6.42 Å². The Morgan fingerprint density at radius 3 is 2.00 bits per heavy atom. The summed E-state index contributed by atoms with van der Waals surface area (Å²) in [5.74, 6) is -0.469. The molecule has 10 heavy (non-hydrogen) atoms. The van der Waals surface area contributed by atoms with Gasteiger partial charge < -0.3 is 0 Å². The van der Waals surface area contributed by atoms with Gasteiger partial charge in [0.25, 0.3) is 5.66 Å². The van der Waals surface area contributed by atoms with Crippen molar-refractivity contribution in [3.63, 3.8) is 0 Å². The average molecular weight is 193 g/mol. The van der Waals surface area contributed by atoms with Gasteiger partial charge in [0.15, 0.2) is 0 Å². The van der Waals surface area contributed by atoms with E-state index in [1.54, 1.807) is 0 Å². The molecule has 3 nitrogen and oxygen atoms in total. The van der Waals surface area contributed by atoms with Gasteiger partial charge in [0.2, 0.25) is 0 Å². The first kappa shape index (κ1) is 10.5. The van der Waals surface area contributed by atoms with Crippen LogP contribution in [-0.4, -0.2) is 20.5 Å². The lowest BCUT2D eigenvalue weighted by molar-refractivity contribution is 0.100. The normalized spacial score (nSPS) is 15.4. The van der Waals surface area contributed by atoms with E-state index in [1.165, 1.54) is 9.24 Å². The van der Waals surface area contributed by atoms with Crippen molar-refractivity contribution in [2.45, 2.75) is 12.1 Å². The monoisotopic (exact) mass is 193 g/mol. The Morgan fingerprint density at radius 1 is 1.50 bits per heavy atom. The second kappa shape index (κ2) is 3.28. The minimum atomic E-state index is -3.25. The van der Waals surface area contributed by atoms with Gasteiger partial charge in [-0.3, -0.25) is 9.11 Å². The Balaban J connectivity index is 3.56. The second-order valence-electron chi connectivity index (χ2n) is 1.93. The Kier molecular flexibility index (Phi) is 3.45. The van der Waals surface area contributed by atoms with E-state index >= 15 is 0 Å². The van der Waals surface area contributed by atoms with E-state index in [-0.39, 0.29) is 0 Å². The molecule has 0 amide bonds. The van der Waals surface area contributed by atoms with Crippen LogP contribution in [0.25, 0.3) is 0 Å². The number of hydrogen-bond donors (Lipinski definition) is 3. The highest BCUT2D eigenvalue weighted by Crippen LogP contribution is 2.35. The molecule has 0 rings (SSSR count). The minimum Gasteiger partial charge on any atom is -0.286 e. The molecule has 1 unspecified atom stereocenters. The topological polar surface area (TPSA) is 66.5 Å². The lowest BCUT2D eigenvalue weighted by Gasteiger charge is -2.27. The Labute approximate surface area is 61.7 Å². The molecule has 0 spiro atoms. The van der Waals surface area contributed by atoms with Crippen LogP contribution in [0.3, 0.4) is 0 Å². The maximum atomic E-state index is 12.0. The fourth-order valence-corrected chi connectivity index (χ4v) is 1.21. The molecule has 1 atom stereocenters. The van der Waals surface area contributed by atoms with Crippen molar-refractivity contribution in [1.82, 2.24) is 0 Å². The summed E-state index contributed by atoms with van der Waals surface area (Å²) in [6.07, 6.45) is -0.628. The largest absolute Gasteiger partial charge is 0.286 e. The SMILES string of the molecule is NS(O)(O)CCC(F)(F)P. The smallest absolute Gasteiger partial charge is 0.260 e. The zero-order valence-corrected chi connectivity index (χ0v) is 7.10. The predicted octanol–water partition coefficient (Wildman–Crippen LogP) is 1.47. The van der Waals surface area contributed by atoms with E-state index in [4.69, 9.17) is 14.2 Å². The average Bonchev–Trinajstić information content (AvgIpc) is 1.57. The number of nitrogens with two attached hydrogens (primary N) is 1. The molecule has 0 fully saturated rings. The second-order valence-corrected chi connectivity index (χ2v) is 4.62. The van der Waals surface area contributed by atoms with Crippen LogP contribution in [0.15, 0.2) is 0 Å². The molecule has 7 heteroatoms. The summed E-state index contributed by atoms with van der Waals surface area (Å²) < 4.78 is 40.8. The lowest BCUT2D eigenvalue weighted by atomic mass is 10.5. The van der Waals surface area contributed by atoms with Crippen LogP contribution < -0.4 is 5.14 Å². The highest BCUT2D eigenvalue weighted by molar-refractivity contribution is 8.22. The summed E-state index contributed by atoms with van der Waals surface area (Å²) in [6, 6.07) is 0. The van der Waals surface area contributed by atoms with Crippen molar-refractivity contribution in [3.05, 3.63) is 0 Å².